The molecule has 1 aromatic carbocycles. The maximum atomic E-state index is 11.9. The molecule has 1 heterocycles. The maximum absolute atomic E-state index is 11.9. The summed E-state index contributed by atoms with van der Waals surface area (Å²) >= 11 is 9.16. The van der Waals surface area contributed by atoms with Gasteiger partial charge in [-0.05, 0) is 45.8 Å². The molecule has 1 aromatic heterocycles. The Kier molecular flexibility index (Phi) is 4.33. The fraction of sp³-hybridized carbons (Fsp3) is 0.0769. The summed E-state index contributed by atoms with van der Waals surface area (Å²) in [7, 11) is 0. The average molecular weight is 326 g/mol. The Labute approximate surface area is 118 Å². The van der Waals surface area contributed by atoms with Gasteiger partial charge in [-0.3, -0.25) is 9.78 Å². The van der Waals surface area contributed by atoms with E-state index in [1.807, 2.05) is 12.1 Å². The predicted molar refractivity (Wildman–Crippen MR) is 74.6 cm³/mol. The molecular formula is C13H10BrClN2O. The molecule has 92 valence electrons. The third-order valence-corrected chi connectivity index (χ3v) is 3.57. The lowest BCUT2D eigenvalue weighted by Crippen LogP contribution is -2.22. The van der Waals surface area contributed by atoms with Gasteiger partial charge in [0.2, 0.25) is 0 Å². The quantitative estimate of drug-likeness (QED) is 0.939. The summed E-state index contributed by atoms with van der Waals surface area (Å²) in [5.41, 5.74) is 1.52. The second-order valence-electron chi connectivity index (χ2n) is 3.67. The third kappa shape index (κ3) is 3.31. The molecule has 0 aliphatic rings. The highest BCUT2D eigenvalue weighted by atomic mass is 79.9. The Bertz CT molecular complexity index is 560. The van der Waals surface area contributed by atoms with Crippen molar-refractivity contribution in [2.75, 3.05) is 0 Å². The van der Waals surface area contributed by atoms with Crippen LogP contribution in [-0.4, -0.2) is 10.9 Å². The first-order valence-corrected chi connectivity index (χ1v) is 6.46. The number of amides is 1. The Morgan fingerprint density at radius 2 is 2.22 bits per heavy atom. The number of hydrogen-bond donors (Lipinski definition) is 1. The van der Waals surface area contributed by atoms with E-state index in [-0.39, 0.29) is 5.91 Å². The zero-order valence-electron chi connectivity index (χ0n) is 9.36. The lowest BCUT2D eigenvalue weighted by molar-refractivity contribution is 0.0951. The number of rotatable bonds is 3. The zero-order chi connectivity index (χ0) is 13.0. The van der Waals surface area contributed by atoms with E-state index >= 15 is 0 Å². The SMILES string of the molecule is O=C(NCc1cccnc1)c1ccc(Cl)c(Br)c1. The molecule has 3 nitrogen and oxygen atoms in total. The number of carbonyl (C=O) groups excluding carboxylic acids is 1. The molecule has 18 heavy (non-hydrogen) atoms. The van der Waals surface area contributed by atoms with Gasteiger partial charge in [-0.25, -0.2) is 0 Å². The van der Waals surface area contributed by atoms with E-state index in [1.54, 1.807) is 30.6 Å². The number of hydrogen-bond acceptors (Lipinski definition) is 2. The molecule has 5 heteroatoms. The second-order valence-corrected chi connectivity index (χ2v) is 4.93. The molecule has 1 N–H and O–H groups in total. The summed E-state index contributed by atoms with van der Waals surface area (Å²) < 4.78 is 0.707. The Balaban J connectivity index is 2.02. The van der Waals surface area contributed by atoms with Crippen LogP contribution in [0.3, 0.4) is 0 Å². The maximum Gasteiger partial charge on any atom is 0.251 e. The number of halogens is 2. The number of benzene rings is 1. The van der Waals surface area contributed by atoms with E-state index < -0.39 is 0 Å². The van der Waals surface area contributed by atoms with E-state index in [2.05, 4.69) is 26.2 Å². The van der Waals surface area contributed by atoms with E-state index in [1.165, 1.54) is 0 Å². The fourth-order valence-electron chi connectivity index (χ4n) is 1.42. The van der Waals surface area contributed by atoms with Crippen molar-refractivity contribution in [3.05, 3.63) is 63.3 Å². The van der Waals surface area contributed by atoms with Crippen LogP contribution in [0, 0.1) is 0 Å². The summed E-state index contributed by atoms with van der Waals surface area (Å²) in [6, 6.07) is 8.81. The van der Waals surface area contributed by atoms with Crippen LogP contribution in [0.5, 0.6) is 0 Å². The molecule has 0 atom stereocenters. The molecule has 0 bridgehead atoms. The molecular weight excluding hydrogens is 316 g/mol. The normalized spacial score (nSPS) is 10.1. The molecule has 0 saturated carbocycles. The second kappa shape index (κ2) is 5.98. The van der Waals surface area contributed by atoms with Crippen molar-refractivity contribution < 1.29 is 4.79 Å². The van der Waals surface area contributed by atoms with Crippen LogP contribution in [0.4, 0.5) is 0 Å². The molecule has 2 rings (SSSR count). The van der Waals surface area contributed by atoms with Crippen LogP contribution < -0.4 is 5.32 Å². The summed E-state index contributed by atoms with van der Waals surface area (Å²) in [4.78, 5) is 15.9. The monoisotopic (exact) mass is 324 g/mol. The third-order valence-electron chi connectivity index (χ3n) is 2.36. The van der Waals surface area contributed by atoms with Crippen molar-refractivity contribution in [3.63, 3.8) is 0 Å². The Hall–Kier alpha value is -1.39. The van der Waals surface area contributed by atoms with Gasteiger partial charge in [-0.2, -0.15) is 0 Å². The van der Waals surface area contributed by atoms with Gasteiger partial charge < -0.3 is 5.32 Å². The molecule has 0 spiro atoms. The standard InChI is InChI=1S/C13H10BrClN2O/c14-11-6-10(3-4-12(11)15)13(18)17-8-9-2-1-5-16-7-9/h1-7H,8H2,(H,17,18). The Morgan fingerprint density at radius 3 is 2.89 bits per heavy atom. The smallest absolute Gasteiger partial charge is 0.251 e. The minimum absolute atomic E-state index is 0.142. The van der Waals surface area contributed by atoms with Crippen molar-refractivity contribution in [1.82, 2.24) is 10.3 Å². The minimum Gasteiger partial charge on any atom is -0.348 e. The minimum atomic E-state index is -0.142. The molecule has 2 aromatic rings. The largest absolute Gasteiger partial charge is 0.348 e. The number of nitrogens with zero attached hydrogens (tertiary/aromatic N) is 1. The van der Waals surface area contributed by atoms with Gasteiger partial charge in [0.1, 0.15) is 0 Å². The zero-order valence-corrected chi connectivity index (χ0v) is 11.7. The van der Waals surface area contributed by atoms with Gasteiger partial charge in [0, 0.05) is 29.0 Å². The van der Waals surface area contributed by atoms with Crippen molar-refractivity contribution in [3.8, 4) is 0 Å². The topological polar surface area (TPSA) is 42.0 Å². The Morgan fingerprint density at radius 1 is 1.39 bits per heavy atom. The molecule has 0 aliphatic heterocycles. The highest BCUT2D eigenvalue weighted by Crippen LogP contribution is 2.23. The van der Waals surface area contributed by atoms with Gasteiger partial charge in [0.05, 0.1) is 5.02 Å². The van der Waals surface area contributed by atoms with Crippen LogP contribution in [0.1, 0.15) is 15.9 Å². The highest BCUT2D eigenvalue weighted by molar-refractivity contribution is 9.10. The molecule has 0 aliphatic carbocycles. The van der Waals surface area contributed by atoms with E-state index in [0.717, 1.165) is 5.56 Å². The average Bonchev–Trinajstić information content (AvgIpc) is 2.40. The van der Waals surface area contributed by atoms with Crippen molar-refractivity contribution in [2.45, 2.75) is 6.54 Å². The molecule has 1 amide bonds. The molecule has 0 unspecified atom stereocenters. The summed E-state index contributed by atoms with van der Waals surface area (Å²) in [5, 5.41) is 3.40. The number of nitrogens with one attached hydrogen (secondary N) is 1. The fourth-order valence-corrected chi connectivity index (χ4v) is 1.92. The number of carbonyl (C=O) groups is 1. The summed E-state index contributed by atoms with van der Waals surface area (Å²) in [6.45, 7) is 0.451. The van der Waals surface area contributed by atoms with Crippen molar-refractivity contribution in [1.29, 1.82) is 0 Å². The van der Waals surface area contributed by atoms with Gasteiger partial charge >= 0.3 is 0 Å². The molecule has 0 fully saturated rings. The van der Waals surface area contributed by atoms with Gasteiger partial charge in [-0.1, -0.05) is 17.7 Å². The lowest BCUT2D eigenvalue weighted by Gasteiger charge is -2.06. The van der Waals surface area contributed by atoms with E-state index in [4.69, 9.17) is 11.6 Å². The lowest BCUT2D eigenvalue weighted by atomic mass is 10.2. The van der Waals surface area contributed by atoms with Crippen molar-refractivity contribution in [2.24, 2.45) is 0 Å². The van der Waals surface area contributed by atoms with Crippen LogP contribution in [-0.2, 0) is 6.54 Å². The molecule has 0 saturated heterocycles. The van der Waals surface area contributed by atoms with Gasteiger partial charge in [0.15, 0.2) is 0 Å². The predicted octanol–water partition coefficient (Wildman–Crippen LogP) is 3.43. The van der Waals surface area contributed by atoms with Crippen LogP contribution in [0.15, 0.2) is 47.2 Å². The first-order valence-electron chi connectivity index (χ1n) is 5.29. The van der Waals surface area contributed by atoms with Crippen molar-refractivity contribution >= 4 is 33.4 Å². The number of aromatic nitrogens is 1. The van der Waals surface area contributed by atoms with Gasteiger partial charge in [0.25, 0.3) is 5.91 Å². The molecule has 0 radical (unpaired) electrons. The van der Waals surface area contributed by atoms with E-state index in [0.29, 0.717) is 21.6 Å². The summed E-state index contributed by atoms with van der Waals surface area (Å²) in [5.74, 6) is -0.142. The van der Waals surface area contributed by atoms with Crippen LogP contribution in [0.25, 0.3) is 0 Å². The van der Waals surface area contributed by atoms with E-state index in [9.17, 15) is 4.79 Å². The first kappa shape index (κ1) is 13.1. The first-order chi connectivity index (χ1) is 8.66. The van der Waals surface area contributed by atoms with Gasteiger partial charge in [-0.15, -0.1) is 0 Å². The summed E-state index contributed by atoms with van der Waals surface area (Å²) in [6.07, 6.45) is 3.42. The highest BCUT2D eigenvalue weighted by Gasteiger charge is 2.07. The van der Waals surface area contributed by atoms with Crippen LogP contribution in [0.2, 0.25) is 5.02 Å². The number of pyridine rings is 1. The van der Waals surface area contributed by atoms with Crippen LogP contribution >= 0.6 is 27.5 Å².